The molecule has 3 heteroatoms. The number of methoxy groups -OCH3 is 1. The van der Waals surface area contributed by atoms with Gasteiger partial charge in [-0.25, -0.2) is 0 Å². The van der Waals surface area contributed by atoms with Gasteiger partial charge in [-0.05, 0) is 24.7 Å². The minimum Gasteiger partial charge on any atom is -0.497 e. The number of halogens is 1. The van der Waals surface area contributed by atoms with Gasteiger partial charge in [0, 0.05) is 6.54 Å². The summed E-state index contributed by atoms with van der Waals surface area (Å²) in [7, 11) is 3.75. The van der Waals surface area contributed by atoms with E-state index in [4.69, 9.17) is 4.74 Å². The van der Waals surface area contributed by atoms with Crippen molar-refractivity contribution in [2.75, 3.05) is 19.6 Å². The number of nitrogens with zero attached hydrogens (tertiary/aromatic N) is 1. The summed E-state index contributed by atoms with van der Waals surface area (Å²) in [5.74, 6) is 0.917. The summed E-state index contributed by atoms with van der Waals surface area (Å²) in [5.41, 5.74) is 2.14. The molecule has 0 spiro atoms. The first-order valence-corrected chi connectivity index (χ1v) is 5.26. The Morgan fingerprint density at radius 2 is 2.23 bits per heavy atom. The standard InChI is InChI=1S/C10H14BrNO/c1-12(8-11)7-9-4-3-5-10(6-9)13-2/h3-6H,7-8H2,1-2H3. The molecule has 0 heterocycles. The third kappa shape index (κ3) is 3.36. The summed E-state index contributed by atoms with van der Waals surface area (Å²) in [6.07, 6.45) is 0. The minimum atomic E-state index is 0.879. The second kappa shape index (κ2) is 5.25. The predicted molar refractivity (Wildman–Crippen MR) is 58.3 cm³/mol. The van der Waals surface area contributed by atoms with Crippen molar-refractivity contribution in [2.45, 2.75) is 6.54 Å². The van der Waals surface area contributed by atoms with Gasteiger partial charge in [-0.2, -0.15) is 0 Å². The number of benzene rings is 1. The number of alkyl halides is 1. The van der Waals surface area contributed by atoms with Crippen molar-refractivity contribution in [3.63, 3.8) is 0 Å². The zero-order valence-electron chi connectivity index (χ0n) is 7.96. The normalized spacial score (nSPS) is 10.5. The first-order chi connectivity index (χ1) is 6.26. The fraction of sp³-hybridized carbons (Fsp3) is 0.400. The molecule has 0 fully saturated rings. The summed E-state index contributed by atoms with van der Waals surface area (Å²) in [4.78, 5) is 2.18. The van der Waals surface area contributed by atoms with Crippen LogP contribution < -0.4 is 4.74 Å². The average Bonchev–Trinajstić information content (AvgIpc) is 2.18. The number of hydrogen-bond acceptors (Lipinski definition) is 2. The molecule has 0 unspecified atom stereocenters. The van der Waals surface area contributed by atoms with Crippen LogP contribution in [0.5, 0.6) is 5.75 Å². The van der Waals surface area contributed by atoms with E-state index in [1.54, 1.807) is 7.11 Å². The topological polar surface area (TPSA) is 12.5 Å². The molecule has 0 aliphatic rings. The molecule has 1 rings (SSSR count). The van der Waals surface area contributed by atoms with Gasteiger partial charge in [-0.1, -0.05) is 28.1 Å². The molecular weight excluding hydrogens is 230 g/mol. The summed E-state index contributed by atoms with van der Waals surface area (Å²) < 4.78 is 5.14. The fourth-order valence-electron chi connectivity index (χ4n) is 1.12. The van der Waals surface area contributed by atoms with E-state index in [9.17, 15) is 0 Å². The van der Waals surface area contributed by atoms with E-state index in [2.05, 4.69) is 40.0 Å². The molecule has 0 aliphatic carbocycles. The Bertz CT molecular complexity index is 265. The molecule has 0 bridgehead atoms. The minimum absolute atomic E-state index is 0.879. The van der Waals surface area contributed by atoms with Gasteiger partial charge in [0.25, 0.3) is 0 Å². The molecule has 13 heavy (non-hydrogen) atoms. The van der Waals surface area contributed by atoms with Crippen molar-refractivity contribution in [3.8, 4) is 5.75 Å². The van der Waals surface area contributed by atoms with Crippen LogP contribution in [-0.2, 0) is 6.54 Å². The third-order valence-electron chi connectivity index (χ3n) is 1.79. The maximum Gasteiger partial charge on any atom is 0.119 e. The summed E-state index contributed by atoms with van der Waals surface area (Å²) in [6.45, 7) is 0.933. The van der Waals surface area contributed by atoms with Crippen LogP contribution in [0.4, 0.5) is 0 Å². The first kappa shape index (κ1) is 10.5. The number of hydrogen-bond donors (Lipinski definition) is 0. The fourth-order valence-corrected chi connectivity index (χ4v) is 1.30. The quantitative estimate of drug-likeness (QED) is 0.596. The van der Waals surface area contributed by atoms with E-state index in [-0.39, 0.29) is 0 Å². The molecule has 2 nitrogen and oxygen atoms in total. The molecule has 0 aromatic heterocycles. The summed E-state index contributed by atoms with van der Waals surface area (Å²) in [6, 6.07) is 8.12. The van der Waals surface area contributed by atoms with E-state index >= 15 is 0 Å². The molecular formula is C10H14BrNO. The van der Waals surface area contributed by atoms with Crippen molar-refractivity contribution in [2.24, 2.45) is 0 Å². The van der Waals surface area contributed by atoms with Crippen LogP contribution in [-0.4, -0.2) is 24.5 Å². The van der Waals surface area contributed by atoms with Crippen molar-refractivity contribution < 1.29 is 4.74 Å². The van der Waals surface area contributed by atoms with Gasteiger partial charge in [-0.3, -0.25) is 4.90 Å². The second-order valence-corrected chi connectivity index (χ2v) is 3.49. The molecule has 0 saturated carbocycles. The van der Waals surface area contributed by atoms with Gasteiger partial charge < -0.3 is 4.74 Å². The van der Waals surface area contributed by atoms with Crippen molar-refractivity contribution in [1.82, 2.24) is 4.90 Å². The molecule has 72 valence electrons. The molecule has 0 amide bonds. The van der Waals surface area contributed by atoms with Crippen LogP contribution in [0.3, 0.4) is 0 Å². The lowest BCUT2D eigenvalue weighted by molar-refractivity contribution is 0.385. The van der Waals surface area contributed by atoms with Crippen LogP contribution in [0, 0.1) is 0 Å². The first-order valence-electron chi connectivity index (χ1n) is 4.13. The molecule has 0 N–H and O–H groups in total. The highest BCUT2D eigenvalue weighted by Crippen LogP contribution is 2.13. The Balaban J connectivity index is 2.66. The maximum absolute atomic E-state index is 5.14. The van der Waals surface area contributed by atoms with Crippen molar-refractivity contribution in [3.05, 3.63) is 29.8 Å². The second-order valence-electron chi connectivity index (χ2n) is 2.99. The van der Waals surface area contributed by atoms with Gasteiger partial charge >= 0.3 is 0 Å². The van der Waals surface area contributed by atoms with E-state index in [0.29, 0.717) is 0 Å². The van der Waals surface area contributed by atoms with Gasteiger partial charge in [-0.15, -0.1) is 0 Å². The Kier molecular flexibility index (Phi) is 4.25. The predicted octanol–water partition coefficient (Wildman–Crippen LogP) is 2.48. The molecule has 0 atom stereocenters. The van der Waals surface area contributed by atoms with Gasteiger partial charge in [0.15, 0.2) is 0 Å². The highest BCUT2D eigenvalue weighted by molar-refractivity contribution is 9.09. The number of ether oxygens (including phenoxy) is 1. The van der Waals surface area contributed by atoms with Gasteiger partial charge in [0.05, 0.1) is 12.6 Å². The Morgan fingerprint density at radius 3 is 2.85 bits per heavy atom. The summed E-state index contributed by atoms with van der Waals surface area (Å²) >= 11 is 3.40. The molecule has 0 aliphatic heterocycles. The summed E-state index contributed by atoms with van der Waals surface area (Å²) in [5, 5.41) is 0. The molecule has 0 saturated heterocycles. The van der Waals surface area contributed by atoms with Crippen molar-refractivity contribution in [1.29, 1.82) is 0 Å². The lowest BCUT2D eigenvalue weighted by Crippen LogP contribution is -2.14. The Morgan fingerprint density at radius 1 is 1.46 bits per heavy atom. The van der Waals surface area contributed by atoms with Gasteiger partial charge in [0.2, 0.25) is 0 Å². The van der Waals surface area contributed by atoms with E-state index in [0.717, 1.165) is 17.7 Å². The van der Waals surface area contributed by atoms with Crippen LogP contribution in [0.25, 0.3) is 0 Å². The van der Waals surface area contributed by atoms with E-state index in [1.807, 2.05) is 12.1 Å². The molecule has 0 radical (unpaired) electrons. The monoisotopic (exact) mass is 243 g/mol. The molecule has 1 aromatic carbocycles. The van der Waals surface area contributed by atoms with E-state index < -0.39 is 0 Å². The van der Waals surface area contributed by atoms with Crippen LogP contribution in [0.1, 0.15) is 5.56 Å². The number of rotatable bonds is 4. The molecule has 1 aromatic rings. The SMILES string of the molecule is COc1cccc(CN(C)CBr)c1. The lowest BCUT2D eigenvalue weighted by Gasteiger charge is -2.13. The lowest BCUT2D eigenvalue weighted by atomic mass is 10.2. The van der Waals surface area contributed by atoms with Gasteiger partial charge in [0.1, 0.15) is 5.75 Å². The zero-order chi connectivity index (χ0) is 9.68. The maximum atomic E-state index is 5.14. The van der Waals surface area contributed by atoms with E-state index in [1.165, 1.54) is 5.56 Å². The highest BCUT2D eigenvalue weighted by atomic mass is 79.9. The Hall–Kier alpha value is -0.540. The average molecular weight is 244 g/mol. The van der Waals surface area contributed by atoms with Crippen LogP contribution in [0.15, 0.2) is 24.3 Å². The highest BCUT2D eigenvalue weighted by Gasteiger charge is 1.99. The van der Waals surface area contributed by atoms with Crippen LogP contribution >= 0.6 is 15.9 Å². The third-order valence-corrected chi connectivity index (χ3v) is 2.65. The van der Waals surface area contributed by atoms with Crippen molar-refractivity contribution >= 4 is 15.9 Å². The Labute approximate surface area is 87.6 Å². The smallest absolute Gasteiger partial charge is 0.119 e. The van der Waals surface area contributed by atoms with Crippen LogP contribution in [0.2, 0.25) is 0 Å². The largest absolute Gasteiger partial charge is 0.497 e. The zero-order valence-corrected chi connectivity index (χ0v) is 9.54.